The molecule has 4 rings (SSSR count). The van der Waals surface area contributed by atoms with Crippen LogP contribution in [0.15, 0.2) is 12.7 Å². The minimum absolute atomic E-state index is 0.0801. The minimum atomic E-state index is -3.67. The Balaban J connectivity index is 0.000000376. The lowest BCUT2D eigenvalue weighted by Gasteiger charge is -2.23. The summed E-state index contributed by atoms with van der Waals surface area (Å²) in [5, 5.41) is 0.309. The predicted molar refractivity (Wildman–Crippen MR) is 94.7 cm³/mol. The fourth-order valence-corrected chi connectivity index (χ4v) is 3.72. The van der Waals surface area contributed by atoms with Crippen molar-refractivity contribution in [3.8, 4) is 0 Å². The van der Waals surface area contributed by atoms with Gasteiger partial charge in [-0.05, 0) is 20.3 Å². The van der Waals surface area contributed by atoms with Gasteiger partial charge in [-0.2, -0.15) is 8.42 Å². The van der Waals surface area contributed by atoms with Gasteiger partial charge in [0, 0.05) is 5.92 Å². The van der Waals surface area contributed by atoms with Crippen LogP contribution < -0.4 is 0 Å². The molecule has 1 aliphatic carbocycles. The van der Waals surface area contributed by atoms with Crippen LogP contribution in [0.2, 0.25) is 5.15 Å². The zero-order chi connectivity index (χ0) is 20.0. The Labute approximate surface area is 160 Å². The molecule has 150 valence electrons. The fourth-order valence-electron chi connectivity index (χ4n) is 3.55. The van der Waals surface area contributed by atoms with Gasteiger partial charge in [0.1, 0.15) is 17.9 Å². The topological polar surface area (TPSA) is 116 Å². The molecule has 0 unspecified atom stereocenters. The van der Waals surface area contributed by atoms with Gasteiger partial charge in [0.2, 0.25) is 0 Å². The SMILES string of the molecule is CC1(C)O[C@@H]2[C@@H](CF)C[C@@H](n3cnc4c(Cl)ncnc43)[C@@H]2O1.CS(=O)(=O)O. The molecule has 1 N–H and O–H groups in total. The molecule has 0 amide bonds. The number of fused-ring (bicyclic) bond motifs is 2. The molecule has 2 fully saturated rings. The molecule has 3 heterocycles. The molecular formula is C15H20ClFN4O5S. The molecule has 12 heteroatoms. The summed E-state index contributed by atoms with van der Waals surface area (Å²) in [6.07, 6.45) is 3.93. The Morgan fingerprint density at radius 1 is 1.33 bits per heavy atom. The third kappa shape index (κ3) is 4.37. The van der Waals surface area contributed by atoms with E-state index in [4.69, 9.17) is 25.6 Å². The van der Waals surface area contributed by atoms with Crippen molar-refractivity contribution in [2.75, 3.05) is 12.9 Å². The van der Waals surface area contributed by atoms with Crippen LogP contribution in [0.5, 0.6) is 0 Å². The van der Waals surface area contributed by atoms with E-state index in [0.717, 1.165) is 0 Å². The molecule has 0 aromatic carbocycles. The first-order valence-corrected chi connectivity index (χ1v) is 10.4. The first-order chi connectivity index (χ1) is 12.5. The smallest absolute Gasteiger partial charge is 0.261 e. The van der Waals surface area contributed by atoms with Crippen LogP contribution in [0.4, 0.5) is 4.39 Å². The summed E-state index contributed by atoms with van der Waals surface area (Å²) in [7, 11) is -3.67. The molecule has 0 bridgehead atoms. The highest BCUT2D eigenvalue weighted by Gasteiger charge is 2.54. The summed E-state index contributed by atoms with van der Waals surface area (Å²) in [5.41, 5.74) is 1.18. The van der Waals surface area contributed by atoms with Crippen LogP contribution in [0.25, 0.3) is 11.2 Å². The second-order valence-electron chi connectivity index (χ2n) is 7.00. The highest BCUT2D eigenvalue weighted by molar-refractivity contribution is 7.85. The molecular weight excluding hydrogens is 403 g/mol. The van der Waals surface area contributed by atoms with Crippen LogP contribution in [-0.2, 0) is 19.6 Å². The summed E-state index contributed by atoms with van der Waals surface area (Å²) < 4.78 is 53.0. The van der Waals surface area contributed by atoms with Gasteiger partial charge in [0.05, 0.1) is 31.4 Å². The van der Waals surface area contributed by atoms with E-state index in [-0.39, 0.29) is 24.2 Å². The molecule has 9 nitrogen and oxygen atoms in total. The standard InChI is InChI=1S/C14H16ClFN4O2.CH4O3S/c1-14(2)21-10-7(4-16)3-8(11(10)22-14)20-6-19-9-12(15)17-5-18-13(9)20;1-5(2,3)4/h5-8,10-11H,3-4H2,1-2H3;1H3,(H,2,3,4)/t7-,8-,10-,11+;/m1./s1. The summed E-state index contributed by atoms with van der Waals surface area (Å²) in [6.45, 7) is 3.27. The molecule has 0 radical (unpaired) electrons. The van der Waals surface area contributed by atoms with Gasteiger partial charge >= 0.3 is 0 Å². The summed E-state index contributed by atoms with van der Waals surface area (Å²) in [4.78, 5) is 12.5. The van der Waals surface area contributed by atoms with Crippen molar-refractivity contribution in [1.82, 2.24) is 19.5 Å². The zero-order valence-corrected chi connectivity index (χ0v) is 16.5. The summed E-state index contributed by atoms with van der Waals surface area (Å²) in [5.74, 6) is -0.892. The maximum atomic E-state index is 13.4. The Kier molecular flexibility index (Phi) is 5.43. The van der Waals surface area contributed by atoms with Crippen LogP contribution >= 0.6 is 11.6 Å². The number of hydrogen-bond acceptors (Lipinski definition) is 7. The lowest BCUT2D eigenvalue weighted by atomic mass is 10.1. The average Bonchev–Trinajstić information content (AvgIpc) is 3.17. The number of ether oxygens (including phenoxy) is 2. The first-order valence-electron chi connectivity index (χ1n) is 8.17. The van der Waals surface area contributed by atoms with E-state index in [0.29, 0.717) is 29.0 Å². The van der Waals surface area contributed by atoms with Crippen molar-refractivity contribution < 1.29 is 26.8 Å². The molecule has 1 saturated carbocycles. The average molecular weight is 423 g/mol. The lowest BCUT2D eigenvalue weighted by molar-refractivity contribution is -0.160. The highest BCUT2D eigenvalue weighted by atomic mass is 35.5. The van der Waals surface area contributed by atoms with Gasteiger partial charge in [0.15, 0.2) is 16.6 Å². The number of rotatable bonds is 2. The van der Waals surface area contributed by atoms with Gasteiger partial charge in [-0.15, -0.1) is 0 Å². The lowest BCUT2D eigenvalue weighted by Crippen LogP contribution is -2.27. The summed E-state index contributed by atoms with van der Waals surface area (Å²) in [6, 6.07) is -0.0801. The monoisotopic (exact) mass is 422 g/mol. The Morgan fingerprint density at radius 3 is 2.59 bits per heavy atom. The first kappa shape index (κ1) is 20.3. The third-order valence-electron chi connectivity index (χ3n) is 4.42. The van der Waals surface area contributed by atoms with Gasteiger partial charge < -0.3 is 14.0 Å². The normalized spacial score (nSPS) is 29.4. The Hall–Kier alpha value is -1.40. The number of imidazole rings is 1. The zero-order valence-electron chi connectivity index (χ0n) is 14.9. The van der Waals surface area contributed by atoms with Crippen molar-refractivity contribution in [3.63, 3.8) is 0 Å². The second kappa shape index (κ2) is 7.21. The number of hydrogen-bond donors (Lipinski definition) is 1. The number of halogens is 2. The molecule has 4 atom stereocenters. The van der Waals surface area contributed by atoms with Crippen molar-refractivity contribution >= 4 is 32.9 Å². The van der Waals surface area contributed by atoms with Crippen LogP contribution in [-0.4, -0.2) is 63.4 Å². The van der Waals surface area contributed by atoms with Crippen molar-refractivity contribution in [3.05, 3.63) is 17.8 Å². The molecule has 2 aromatic heterocycles. The maximum absolute atomic E-state index is 13.4. The van der Waals surface area contributed by atoms with Gasteiger partial charge in [-0.3, -0.25) is 8.94 Å². The van der Waals surface area contributed by atoms with Crippen molar-refractivity contribution in [2.45, 2.75) is 44.3 Å². The number of alkyl halides is 1. The summed E-state index contributed by atoms with van der Waals surface area (Å²) >= 11 is 6.05. The van der Waals surface area contributed by atoms with E-state index in [9.17, 15) is 12.8 Å². The highest BCUT2D eigenvalue weighted by Crippen LogP contribution is 2.47. The minimum Gasteiger partial charge on any atom is -0.344 e. The molecule has 2 aromatic rings. The maximum Gasteiger partial charge on any atom is 0.261 e. The van der Waals surface area contributed by atoms with Gasteiger partial charge in [-0.1, -0.05) is 11.6 Å². The van der Waals surface area contributed by atoms with E-state index in [2.05, 4.69) is 15.0 Å². The fraction of sp³-hybridized carbons (Fsp3) is 0.667. The molecule has 0 spiro atoms. The number of nitrogens with zero attached hydrogens (tertiary/aromatic N) is 4. The van der Waals surface area contributed by atoms with Gasteiger partial charge in [0.25, 0.3) is 10.1 Å². The predicted octanol–water partition coefficient (Wildman–Crippen LogP) is 2.03. The molecule has 1 saturated heterocycles. The Morgan fingerprint density at radius 2 is 1.96 bits per heavy atom. The van der Waals surface area contributed by atoms with Crippen LogP contribution in [0.3, 0.4) is 0 Å². The largest absolute Gasteiger partial charge is 0.344 e. The van der Waals surface area contributed by atoms with E-state index >= 15 is 0 Å². The van der Waals surface area contributed by atoms with Crippen LogP contribution in [0.1, 0.15) is 26.3 Å². The van der Waals surface area contributed by atoms with Gasteiger partial charge in [-0.25, -0.2) is 15.0 Å². The van der Waals surface area contributed by atoms with Crippen LogP contribution in [0, 0.1) is 5.92 Å². The molecule has 27 heavy (non-hydrogen) atoms. The molecule has 2 aliphatic rings. The van der Waals surface area contributed by atoms with Crippen molar-refractivity contribution in [1.29, 1.82) is 0 Å². The van der Waals surface area contributed by atoms with E-state index < -0.39 is 22.6 Å². The van der Waals surface area contributed by atoms with E-state index in [1.807, 2.05) is 18.4 Å². The van der Waals surface area contributed by atoms with E-state index in [1.165, 1.54) is 6.33 Å². The quantitative estimate of drug-likeness (QED) is 0.577. The van der Waals surface area contributed by atoms with E-state index in [1.54, 1.807) is 6.33 Å². The second-order valence-corrected chi connectivity index (χ2v) is 8.83. The number of aromatic nitrogens is 4. The third-order valence-corrected chi connectivity index (χ3v) is 4.70. The molecule has 1 aliphatic heterocycles. The van der Waals surface area contributed by atoms with Crippen molar-refractivity contribution in [2.24, 2.45) is 5.92 Å². The Bertz CT molecular complexity index is 929.